The van der Waals surface area contributed by atoms with Crippen LogP contribution in [0.5, 0.6) is 0 Å². The Hall–Kier alpha value is -2.65. The minimum atomic E-state index is -1.08. The highest BCUT2D eigenvalue weighted by Gasteiger charge is 2.44. The molecule has 0 aromatic heterocycles. The average Bonchev–Trinajstić information content (AvgIpc) is 2.76. The van der Waals surface area contributed by atoms with Crippen molar-refractivity contribution in [2.24, 2.45) is 0 Å². The molecule has 2 N–H and O–H groups in total. The Bertz CT molecular complexity index is 810. The molecule has 1 fully saturated rings. The van der Waals surface area contributed by atoms with Gasteiger partial charge in [-0.25, -0.2) is 9.59 Å². The molecule has 0 spiro atoms. The fourth-order valence-corrected chi connectivity index (χ4v) is 3.73. The van der Waals surface area contributed by atoms with Gasteiger partial charge in [-0.1, -0.05) is 12.1 Å². The van der Waals surface area contributed by atoms with Crippen molar-refractivity contribution in [2.75, 3.05) is 40.5 Å². The molecule has 9 nitrogen and oxygen atoms in total. The largest absolute Gasteiger partial charge is 0.465 e. The summed E-state index contributed by atoms with van der Waals surface area (Å²) in [6, 6.07) is 6.55. The Morgan fingerprint density at radius 2 is 1.70 bits per heavy atom. The standard InChI is InChI=1S/C24H37N3O6/c1-17(18-7-9-19(10-8-18)20(28)32-6)25-21(29)24(26-22(30)33-23(2,3)4)11-13-27(14-12-24)15-16-31-5/h7-10,17H,11-16H2,1-6H3,(H,25,29)(H,26,30). The Labute approximate surface area is 196 Å². The fourth-order valence-electron chi connectivity index (χ4n) is 3.73. The van der Waals surface area contributed by atoms with Crippen LogP contribution in [0, 0.1) is 0 Å². The highest BCUT2D eigenvalue weighted by molar-refractivity contribution is 5.91. The van der Waals surface area contributed by atoms with Crippen molar-refractivity contribution in [3.63, 3.8) is 0 Å². The molecule has 1 aliphatic heterocycles. The molecule has 1 heterocycles. The molecule has 0 radical (unpaired) electrons. The molecule has 1 unspecified atom stereocenters. The summed E-state index contributed by atoms with van der Waals surface area (Å²) in [6.45, 7) is 9.89. The number of ether oxygens (including phenoxy) is 3. The maximum absolute atomic E-state index is 13.4. The number of rotatable bonds is 8. The third kappa shape index (κ3) is 7.71. The lowest BCUT2D eigenvalue weighted by Gasteiger charge is -2.41. The van der Waals surface area contributed by atoms with Crippen LogP contribution in [0.2, 0.25) is 0 Å². The zero-order chi connectivity index (χ0) is 24.6. The lowest BCUT2D eigenvalue weighted by Crippen LogP contribution is -2.64. The van der Waals surface area contributed by atoms with Gasteiger partial charge in [0, 0.05) is 26.7 Å². The van der Waals surface area contributed by atoms with Crippen LogP contribution < -0.4 is 10.6 Å². The van der Waals surface area contributed by atoms with Crippen LogP contribution in [0.3, 0.4) is 0 Å². The molecule has 33 heavy (non-hydrogen) atoms. The lowest BCUT2D eigenvalue weighted by atomic mass is 9.86. The number of alkyl carbamates (subject to hydrolysis) is 1. The van der Waals surface area contributed by atoms with E-state index in [4.69, 9.17) is 14.2 Å². The summed E-state index contributed by atoms with van der Waals surface area (Å²) in [7, 11) is 2.99. The maximum atomic E-state index is 13.4. The normalized spacial score (nSPS) is 17.0. The Morgan fingerprint density at radius 1 is 1.09 bits per heavy atom. The van der Waals surface area contributed by atoms with Gasteiger partial charge in [-0.2, -0.15) is 0 Å². The van der Waals surface area contributed by atoms with Crippen LogP contribution in [0.4, 0.5) is 4.79 Å². The zero-order valence-corrected chi connectivity index (χ0v) is 20.5. The van der Waals surface area contributed by atoms with E-state index in [1.54, 1.807) is 52.1 Å². The van der Waals surface area contributed by atoms with Gasteiger partial charge >= 0.3 is 12.1 Å². The minimum absolute atomic E-state index is 0.260. The molecule has 1 aliphatic rings. The van der Waals surface area contributed by atoms with Crippen LogP contribution in [-0.2, 0) is 19.0 Å². The Kier molecular flexibility index (Phi) is 9.25. The number of carbonyl (C=O) groups excluding carboxylic acids is 3. The molecule has 2 amide bonds. The van der Waals surface area contributed by atoms with E-state index in [2.05, 4.69) is 15.5 Å². The summed E-state index contributed by atoms with van der Waals surface area (Å²) >= 11 is 0. The van der Waals surface area contributed by atoms with E-state index in [1.165, 1.54) is 7.11 Å². The highest BCUT2D eigenvalue weighted by Crippen LogP contribution is 2.25. The number of hydrogen-bond acceptors (Lipinski definition) is 7. The van der Waals surface area contributed by atoms with Crippen molar-refractivity contribution in [3.05, 3.63) is 35.4 Å². The molecule has 0 aliphatic carbocycles. The summed E-state index contributed by atoms with van der Waals surface area (Å²) in [4.78, 5) is 39.9. The Morgan fingerprint density at radius 3 is 2.21 bits per heavy atom. The molecule has 1 aromatic rings. The van der Waals surface area contributed by atoms with Gasteiger partial charge in [0.1, 0.15) is 11.1 Å². The van der Waals surface area contributed by atoms with Crippen molar-refractivity contribution in [3.8, 4) is 0 Å². The molecule has 0 bridgehead atoms. The van der Waals surface area contributed by atoms with Gasteiger partial charge in [-0.05, 0) is 58.2 Å². The first-order valence-corrected chi connectivity index (χ1v) is 11.2. The zero-order valence-electron chi connectivity index (χ0n) is 20.5. The molecule has 1 atom stereocenters. The number of benzene rings is 1. The highest BCUT2D eigenvalue weighted by atomic mass is 16.6. The predicted octanol–water partition coefficient (Wildman–Crippen LogP) is 2.66. The molecule has 1 aromatic carbocycles. The van der Waals surface area contributed by atoms with Crippen molar-refractivity contribution >= 4 is 18.0 Å². The predicted molar refractivity (Wildman–Crippen MR) is 124 cm³/mol. The number of methoxy groups -OCH3 is 2. The number of carbonyl (C=O) groups is 3. The Balaban J connectivity index is 2.14. The van der Waals surface area contributed by atoms with Crippen molar-refractivity contribution in [2.45, 2.75) is 57.7 Å². The third-order valence-electron chi connectivity index (χ3n) is 5.68. The molecule has 9 heteroatoms. The molecule has 184 valence electrons. The van der Waals surface area contributed by atoms with E-state index < -0.39 is 23.2 Å². The second-order valence-corrected chi connectivity index (χ2v) is 9.35. The molecular formula is C24H37N3O6. The smallest absolute Gasteiger partial charge is 0.408 e. The van der Waals surface area contributed by atoms with Crippen molar-refractivity contribution in [1.29, 1.82) is 0 Å². The third-order valence-corrected chi connectivity index (χ3v) is 5.68. The topological polar surface area (TPSA) is 106 Å². The second-order valence-electron chi connectivity index (χ2n) is 9.35. The van der Waals surface area contributed by atoms with E-state index in [0.717, 1.165) is 12.1 Å². The number of likely N-dealkylation sites (tertiary alicyclic amines) is 1. The van der Waals surface area contributed by atoms with Crippen molar-refractivity contribution < 1.29 is 28.6 Å². The number of nitrogens with zero attached hydrogens (tertiary/aromatic N) is 1. The van der Waals surface area contributed by atoms with E-state index in [9.17, 15) is 14.4 Å². The van der Waals surface area contributed by atoms with Gasteiger partial charge in [-0.15, -0.1) is 0 Å². The quantitative estimate of drug-likeness (QED) is 0.571. The maximum Gasteiger partial charge on any atom is 0.408 e. The molecule has 0 saturated carbocycles. The van der Waals surface area contributed by atoms with Crippen LogP contribution in [0.15, 0.2) is 24.3 Å². The van der Waals surface area contributed by atoms with Crippen LogP contribution in [-0.4, -0.2) is 74.5 Å². The first kappa shape index (κ1) is 26.6. The fraction of sp³-hybridized carbons (Fsp3) is 0.625. The summed E-state index contributed by atoms with van der Waals surface area (Å²) < 4.78 is 15.3. The first-order valence-electron chi connectivity index (χ1n) is 11.2. The van der Waals surface area contributed by atoms with E-state index in [1.807, 2.05) is 6.92 Å². The molecular weight excluding hydrogens is 426 g/mol. The summed E-state index contributed by atoms with van der Waals surface area (Å²) in [5, 5.41) is 5.89. The summed E-state index contributed by atoms with van der Waals surface area (Å²) in [6.07, 6.45) is 0.295. The molecule has 2 rings (SSSR count). The van der Waals surface area contributed by atoms with Gasteiger partial charge < -0.3 is 29.7 Å². The summed E-state index contributed by atoms with van der Waals surface area (Å²) in [5.41, 5.74) is -0.478. The monoisotopic (exact) mass is 463 g/mol. The van der Waals surface area contributed by atoms with Crippen LogP contribution >= 0.6 is 0 Å². The van der Waals surface area contributed by atoms with E-state index in [-0.39, 0.29) is 11.9 Å². The summed E-state index contributed by atoms with van der Waals surface area (Å²) in [5.74, 6) is -0.678. The number of nitrogens with one attached hydrogen (secondary N) is 2. The van der Waals surface area contributed by atoms with Gasteiger partial charge in [0.15, 0.2) is 0 Å². The van der Waals surface area contributed by atoms with Crippen molar-refractivity contribution in [1.82, 2.24) is 15.5 Å². The van der Waals surface area contributed by atoms with Gasteiger partial charge in [-0.3, -0.25) is 4.79 Å². The second kappa shape index (κ2) is 11.5. The minimum Gasteiger partial charge on any atom is -0.465 e. The van der Waals surface area contributed by atoms with E-state index >= 15 is 0 Å². The number of piperidine rings is 1. The van der Waals surface area contributed by atoms with E-state index in [0.29, 0.717) is 38.1 Å². The van der Waals surface area contributed by atoms with Gasteiger partial charge in [0.05, 0.1) is 25.3 Å². The number of amides is 2. The van der Waals surface area contributed by atoms with Gasteiger partial charge in [0.25, 0.3) is 0 Å². The lowest BCUT2D eigenvalue weighted by molar-refractivity contribution is -0.130. The van der Waals surface area contributed by atoms with Gasteiger partial charge in [0.2, 0.25) is 5.91 Å². The number of esters is 1. The SMILES string of the molecule is COCCN1CCC(NC(=O)OC(C)(C)C)(C(=O)NC(C)c2ccc(C(=O)OC)cc2)CC1. The number of hydrogen-bond donors (Lipinski definition) is 2. The molecule has 1 saturated heterocycles. The van der Waals surface area contributed by atoms with Crippen LogP contribution in [0.25, 0.3) is 0 Å². The first-order chi connectivity index (χ1) is 15.5. The average molecular weight is 464 g/mol. The van der Waals surface area contributed by atoms with Crippen LogP contribution in [0.1, 0.15) is 62.5 Å².